The highest BCUT2D eigenvalue weighted by Gasteiger charge is 2.09. The van der Waals surface area contributed by atoms with E-state index in [2.05, 4.69) is 41.3 Å². The lowest BCUT2D eigenvalue weighted by Crippen LogP contribution is -1.95. The minimum absolute atomic E-state index is 0.498. The first-order chi connectivity index (χ1) is 10.2. The smallest absolute Gasteiger partial charge is 0.257 e. The van der Waals surface area contributed by atoms with E-state index in [9.17, 15) is 0 Å². The van der Waals surface area contributed by atoms with Crippen molar-refractivity contribution in [2.45, 2.75) is 19.9 Å². The Balaban J connectivity index is 1.81. The molecule has 0 atom stereocenters. The zero-order valence-electron chi connectivity index (χ0n) is 11.9. The number of aryl methyl sites for hydroxylation is 1. The first-order valence-corrected chi connectivity index (χ1v) is 6.92. The molecular weight excluding hydrogens is 262 g/mol. The van der Waals surface area contributed by atoms with Gasteiger partial charge in [-0.25, -0.2) is 0 Å². The van der Waals surface area contributed by atoms with Gasteiger partial charge in [-0.1, -0.05) is 47.1 Å². The molecule has 0 radical (unpaired) electrons. The van der Waals surface area contributed by atoms with Gasteiger partial charge in [-0.2, -0.15) is 4.98 Å². The van der Waals surface area contributed by atoms with Gasteiger partial charge in [0.05, 0.1) is 0 Å². The second-order valence-electron chi connectivity index (χ2n) is 5.08. The van der Waals surface area contributed by atoms with Crippen LogP contribution in [0.2, 0.25) is 0 Å². The van der Waals surface area contributed by atoms with Gasteiger partial charge >= 0.3 is 0 Å². The Morgan fingerprint density at radius 3 is 2.62 bits per heavy atom. The predicted molar refractivity (Wildman–Crippen MR) is 81.6 cm³/mol. The van der Waals surface area contributed by atoms with Crippen LogP contribution in [0.5, 0.6) is 0 Å². The molecule has 2 N–H and O–H groups in total. The molecule has 3 rings (SSSR count). The molecule has 0 aliphatic carbocycles. The molecule has 0 bridgehead atoms. The predicted octanol–water partition coefficient (Wildman–Crippen LogP) is 3.09. The Kier molecular flexibility index (Phi) is 3.79. The maximum Gasteiger partial charge on any atom is 0.257 e. The maximum absolute atomic E-state index is 5.65. The minimum Gasteiger partial charge on any atom is -0.334 e. The normalized spacial score (nSPS) is 10.8. The molecule has 0 saturated heterocycles. The Morgan fingerprint density at radius 1 is 1.05 bits per heavy atom. The van der Waals surface area contributed by atoms with E-state index in [1.54, 1.807) is 0 Å². The van der Waals surface area contributed by atoms with Crippen molar-refractivity contribution < 1.29 is 4.52 Å². The number of hydrogen-bond donors (Lipinski definition) is 1. The van der Waals surface area contributed by atoms with Crippen LogP contribution in [0.1, 0.15) is 22.5 Å². The van der Waals surface area contributed by atoms with Crippen molar-refractivity contribution in [3.05, 3.63) is 71.0 Å². The third kappa shape index (κ3) is 3.17. The molecule has 106 valence electrons. The highest BCUT2D eigenvalue weighted by atomic mass is 16.5. The summed E-state index contributed by atoms with van der Waals surface area (Å²) in [5.41, 5.74) is 10.0. The van der Waals surface area contributed by atoms with E-state index >= 15 is 0 Å². The second kappa shape index (κ2) is 5.89. The Labute approximate surface area is 123 Å². The third-order valence-electron chi connectivity index (χ3n) is 3.36. The van der Waals surface area contributed by atoms with Crippen molar-refractivity contribution in [2.75, 3.05) is 0 Å². The fraction of sp³-hybridized carbons (Fsp3) is 0.176. The topological polar surface area (TPSA) is 64.9 Å². The van der Waals surface area contributed by atoms with E-state index in [0.717, 1.165) is 11.1 Å². The molecule has 4 nitrogen and oxygen atoms in total. The standard InChI is InChI=1S/C17H17N3O/c1-12-5-7-13(8-6-12)10-16-19-17(21-20-16)15-4-2-3-14(9-15)11-18/h2-9H,10-11,18H2,1H3. The van der Waals surface area contributed by atoms with Crippen LogP contribution in [0.3, 0.4) is 0 Å². The lowest BCUT2D eigenvalue weighted by Gasteiger charge is -1.98. The van der Waals surface area contributed by atoms with Crippen LogP contribution in [-0.4, -0.2) is 10.1 Å². The van der Waals surface area contributed by atoms with E-state index in [0.29, 0.717) is 24.7 Å². The number of rotatable bonds is 4. The van der Waals surface area contributed by atoms with Crippen molar-refractivity contribution in [2.24, 2.45) is 5.73 Å². The quantitative estimate of drug-likeness (QED) is 0.797. The third-order valence-corrected chi connectivity index (χ3v) is 3.36. The fourth-order valence-corrected chi connectivity index (χ4v) is 2.16. The Morgan fingerprint density at radius 2 is 1.86 bits per heavy atom. The Hall–Kier alpha value is -2.46. The van der Waals surface area contributed by atoms with Crippen molar-refractivity contribution in [1.82, 2.24) is 10.1 Å². The van der Waals surface area contributed by atoms with Crippen LogP contribution in [0, 0.1) is 6.92 Å². The first kappa shape index (κ1) is 13.5. The lowest BCUT2D eigenvalue weighted by atomic mass is 10.1. The summed E-state index contributed by atoms with van der Waals surface area (Å²) in [5, 5.41) is 4.05. The summed E-state index contributed by atoms with van der Waals surface area (Å²) in [6, 6.07) is 16.2. The number of aromatic nitrogens is 2. The van der Waals surface area contributed by atoms with Gasteiger partial charge < -0.3 is 10.3 Å². The van der Waals surface area contributed by atoms with Crippen molar-refractivity contribution in [3.63, 3.8) is 0 Å². The Bertz CT molecular complexity index is 732. The monoisotopic (exact) mass is 279 g/mol. The second-order valence-corrected chi connectivity index (χ2v) is 5.08. The molecule has 0 amide bonds. The van der Waals surface area contributed by atoms with Crippen LogP contribution >= 0.6 is 0 Å². The fourth-order valence-electron chi connectivity index (χ4n) is 2.16. The molecule has 4 heteroatoms. The summed E-state index contributed by atoms with van der Waals surface area (Å²) in [5.74, 6) is 1.22. The van der Waals surface area contributed by atoms with Crippen molar-refractivity contribution in [3.8, 4) is 11.5 Å². The van der Waals surface area contributed by atoms with E-state index in [-0.39, 0.29) is 0 Å². The van der Waals surface area contributed by atoms with E-state index in [1.807, 2.05) is 24.3 Å². The van der Waals surface area contributed by atoms with Gasteiger partial charge in [0.25, 0.3) is 5.89 Å². The van der Waals surface area contributed by atoms with Gasteiger partial charge in [0.2, 0.25) is 0 Å². The van der Waals surface area contributed by atoms with Gasteiger partial charge in [0.15, 0.2) is 5.82 Å². The average molecular weight is 279 g/mol. The molecule has 3 aromatic rings. The average Bonchev–Trinajstić information content (AvgIpc) is 2.98. The molecule has 1 heterocycles. The van der Waals surface area contributed by atoms with Gasteiger partial charge in [0.1, 0.15) is 0 Å². The molecule has 0 aliphatic heterocycles. The van der Waals surface area contributed by atoms with Gasteiger partial charge in [-0.15, -0.1) is 0 Å². The zero-order valence-corrected chi connectivity index (χ0v) is 11.9. The molecule has 0 spiro atoms. The highest BCUT2D eigenvalue weighted by molar-refractivity contribution is 5.54. The molecule has 0 unspecified atom stereocenters. The molecule has 21 heavy (non-hydrogen) atoms. The van der Waals surface area contributed by atoms with Gasteiger partial charge in [-0.3, -0.25) is 0 Å². The molecule has 0 fully saturated rings. The van der Waals surface area contributed by atoms with Crippen LogP contribution in [0.25, 0.3) is 11.5 Å². The molecule has 1 aromatic heterocycles. The van der Waals surface area contributed by atoms with Gasteiger partial charge in [0, 0.05) is 18.5 Å². The zero-order chi connectivity index (χ0) is 14.7. The van der Waals surface area contributed by atoms with E-state index in [4.69, 9.17) is 10.3 Å². The molecular formula is C17H17N3O. The molecule has 2 aromatic carbocycles. The lowest BCUT2D eigenvalue weighted by molar-refractivity contribution is 0.424. The molecule has 0 saturated carbocycles. The van der Waals surface area contributed by atoms with Crippen LogP contribution in [-0.2, 0) is 13.0 Å². The van der Waals surface area contributed by atoms with Crippen LogP contribution < -0.4 is 5.73 Å². The first-order valence-electron chi connectivity index (χ1n) is 6.92. The summed E-state index contributed by atoms with van der Waals surface area (Å²) in [4.78, 5) is 4.46. The molecule has 0 aliphatic rings. The van der Waals surface area contributed by atoms with Crippen LogP contribution in [0.15, 0.2) is 53.1 Å². The summed E-state index contributed by atoms with van der Waals surface area (Å²) in [6.45, 7) is 2.57. The van der Waals surface area contributed by atoms with Gasteiger partial charge in [-0.05, 0) is 30.2 Å². The largest absolute Gasteiger partial charge is 0.334 e. The number of nitrogens with two attached hydrogens (primary N) is 1. The van der Waals surface area contributed by atoms with E-state index < -0.39 is 0 Å². The maximum atomic E-state index is 5.65. The number of nitrogens with zero attached hydrogens (tertiary/aromatic N) is 2. The summed E-state index contributed by atoms with van der Waals surface area (Å²) in [6.07, 6.45) is 0.667. The van der Waals surface area contributed by atoms with Crippen molar-refractivity contribution in [1.29, 1.82) is 0 Å². The highest BCUT2D eigenvalue weighted by Crippen LogP contribution is 2.19. The van der Waals surface area contributed by atoms with E-state index in [1.165, 1.54) is 11.1 Å². The van der Waals surface area contributed by atoms with Crippen molar-refractivity contribution >= 4 is 0 Å². The summed E-state index contributed by atoms with van der Waals surface area (Å²) >= 11 is 0. The minimum atomic E-state index is 0.498. The SMILES string of the molecule is Cc1ccc(Cc2noc(-c3cccc(CN)c3)n2)cc1. The number of benzene rings is 2. The number of hydrogen-bond acceptors (Lipinski definition) is 4. The summed E-state index contributed by atoms with van der Waals surface area (Å²) in [7, 11) is 0. The van der Waals surface area contributed by atoms with Crippen LogP contribution in [0.4, 0.5) is 0 Å². The summed E-state index contributed by atoms with van der Waals surface area (Å²) < 4.78 is 5.34.